The number of imidazole rings is 1. The molecule has 0 aliphatic carbocycles. The van der Waals surface area contributed by atoms with Gasteiger partial charge in [-0.15, -0.1) is 11.3 Å². The van der Waals surface area contributed by atoms with Crippen LogP contribution in [0.25, 0.3) is 55.3 Å². The number of hydrogen-bond donors (Lipinski definition) is 2. The highest BCUT2D eigenvalue weighted by atomic mass is 32.1. The van der Waals surface area contributed by atoms with E-state index in [4.69, 9.17) is 9.97 Å². The molecule has 0 atom stereocenters. The Hall–Kier alpha value is -4.28. The number of thiophene rings is 1. The second-order valence-corrected chi connectivity index (χ2v) is 10.7. The molecule has 1 aliphatic heterocycles. The Morgan fingerprint density at radius 1 is 0.974 bits per heavy atom. The summed E-state index contributed by atoms with van der Waals surface area (Å²) in [5, 5.41) is 7.63. The monoisotopic (exact) mass is 520 g/mol. The van der Waals surface area contributed by atoms with Crippen molar-refractivity contribution in [3.63, 3.8) is 0 Å². The number of ketones is 1. The third-order valence-corrected chi connectivity index (χ3v) is 8.16. The Kier molecular flexibility index (Phi) is 5.56. The van der Waals surface area contributed by atoms with Crippen LogP contribution in [0.2, 0.25) is 0 Å². The number of pyridine rings is 3. The van der Waals surface area contributed by atoms with Crippen molar-refractivity contribution in [3.05, 3.63) is 65.6 Å². The number of carbonyl (C=O) groups excluding carboxylic acids is 1. The van der Waals surface area contributed by atoms with Gasteiger partial charge in [0.05, 0.1) is 27.8 Å². The van der Waals surface area contributed by atoms with Crippen LogP contribution in [-0.2, 0) is 6.54 Å². The lowest BCUT2D eigenvalue weighted by Gasteiger charge is -2.14. The molecule has 7 heterocycles. The Morgan fingerprint density at radius 3 is 2.68 bits per heavy atom. The topological polar surface area (TPSA) is 116 Å². The molecule has 6 aromatic heterocycles. The number of likely N-dealkylation sites (tertiary alicyclic amines) is 1. The van der Waals surface area contributed by atoms with E-state index < -0.39 is 0 Å². The van der Waals surface area contributed by atoms with Gasteiger partial charge in [0.1, 0.15) is 11.0 Å². The zero-order valence-corrected chi connectivity index (χ0v) is 21.5. The summed E-state index contributed by atoms with van der Waals surface area (Å²) in [4.78, 5) is 38.1. The van der Waals surface area contributed by atoms with Gasteiger partial charge in [0, 0.05) is 41.1 Å². The third-order valence-electron chi connectivity index (χ3n) is 6.94. The molecule has 2 N–H and O–H groups in total. The van der Waals surface area contributed by atoms with Crippen LogP contribution in [0.5, 0.6) is 0 Å². The zero-order valence-electron chi connectivity index (χ0n) is 20.7. The molecular weight excluding hydrogens is 496 g/mol. The van der Waals surface area contributed by atoms with E-state index in [0.717, 1.165) is 63.4 Å². The van der Waals surface area contributed by atoms with Crippen LogP contribution in [0.3, 0.4) is 0 Å². The normalized spacial score (nSPS) is 14.1. The summed E-state index contributed by atoms with van der Waals surface area (Å²) in [6.45, 7) is 4.77. The number of carbonyl (C=O) groups is 1. The first-order chi connectivity index (χ1) is 18.6. The van der Waals surface area contributed by atoms with Crippen LogP contribution in [0.4, 0.5) is 0 Å². The van der Waals surface area contributed by atoms with Crippen molar-refractivity contribution in [2.45, 2.75) is 26.3 Å². The standard InChI is InChI=1S/C28H24N8OS/c1-16(37)23-6-7-24(38-23)19-13-30-14-22-25(19)33-28(32-22)27-26-21(34-35-27)5-4-20(31-26)18-10-17(11-29-12-18)15-36-8-2-3-9-36/h4-7,10-14H,2-3,8-9,15H2,1H3,(H,32,33)(H,34,35). The van der Waals surface area contributed by atoms with Crippen molar-refractivity contribution in [3.8, 4) is 33.2 Å². The van der Waals surface area contributed by atoms with E-state index in [2.05, 4.69) is 36.1 Å². The molecular formula is C28H24N8OS. The lowest BCUT2D eigenvalue weighted by molar-refractivity contribution is 0.102. The number of Topliss-reactive ketones (excluding diaryl/α,β-unsaturated/α-hetero) is 1. The van der Waals surface area contributed by atoms with Gasteiger partial charge in [-0.25, -0.2) is 9.97 Å². The van der Waals surface area contributed by atoms with E-state index in [1.165, 1.54) is 29.7 Å². The number of nitrogens with one attached hydrogen (secondary N) is 2. The molecule has 188 valence electrons. The van der Waals surface area contributed by atoms with Gasteiger partial charge in [-0.2, -0.15) is 5.10 Å². The first-order valence-electron chi connectivity index (χ1n) is 12.6. The second-order valence-electron chi connectivity index (χ2n) is 9.62. The fourth-order valence-electron chi connectivity index (χ4n) is 5.04. The van der Waals surface area contributed by atoms with Gasteiger partial charge in [0.15, 0.2) is 17.3 Å². The average Bonchev–Trinajstić information content (AvgIpc) is 3.74. The van der Waals surface area contributed by atoms with Crippen molar-refractivity contribution in [1.29, 1.82) is 0 Å². The third kappa shape index (κ3) is 4.07. The lowest BCUT2D eigenvalue weighted by atomic mass is 10.1. The highest BCUT2D eigenvalue weighted by Crippen LogP contribution is 2.34. The first kappa shape index (κ1) is 22.9. The molecule has 6 aromatic rings. The summed E-state index contributed by atoms with van der Waals surface area (Å²) in [5.74, 6) is 0.653. The minimum Gasteiger partial charge on any atom is -0.335 e. The molecule has 1 saturated heterocycles. The number of aromatic amines is 2. The van der Waals surface area contributed by atoms with Gasteiger partial charge in [-0.05, 0) is 68.8 Å². The highest BCUT2D eigenvalue weighted by Gasteiger charge is 2.19. The van der Waals surface area contributed by atoms with E-state index in [-0.39, 0.29) is 5.78 Å². The van der Waals surface area contributed by atoms with Gasteiger partial charge in [-0.1, -0.05) is 0 Å². The number of H-pyrrole nitrogens is 2. The smallest absolute Gasteiger partial charge is 0.169 e. The van der Waals surface area contributed by atoms with E-state index in [1.54, 1.807) is 19.3 Å². The van der Waals surface area contributed by atoms with Crippen molar-refractivity contribution in [1.82, 2.24) is 40.0 Å². The van der Waals surface area contributed by atoms with Gasteiger partial charge >= 0.3 is 0 Å². The molecule has 0 aromatic carbocycles. The molecule has 0 radical (unpaired) electrons. The molecule has 1 aliphatic rings. The quantitative estimate of drug-likeness (QED) is 0.279. The summed E-state index contributed by atoms with van der Waals surface area (Å²) in [6, 6.07) is 9.94. The maximum absolute atomic E-state index is 11.8. The summed E-state index contributed by atoms with van der Waals surface area (Å²) in [5.41, 5.74) is 7.65. The number of fused-ring (bicyclic) bond motifs is 2. The van der Waals surface area contributed by atoms with Crippen LogP contribution in [0, 0.1) is 0 Å². The SMILES string of the molecule is CC(=O)c1ccc(-c2cncc3[nH]c(-c4n[nH]c5ccc(-c6cncc(CN7CCCC7)c6)nc45)nc23)s1. The van der Waals surface area contributed by atoms with E-state index in [9.17, 15) is 4.79 Å². The highest BCUT2D eigenvalue weighted by molar-refractivity contribution is 7.17. The lowest BCUT2D eigenvalue weighted by Crippen LogP contribution is -2.18. The fourth-order valence-corrected chi connectivity index (χ4v) is 5.95. The molecule has 0 saturated carbocycles. The predicted octanol–water partition coefficient (Wildman–Crippen LogP) is 5.49. The molecule has 7 rings (SSSR count). The number of rotatable bonds is 6. The maximum Gasteiger partial charge on any atom is 0.169 e. The van der Waals surface area contributed by atoms with Crippen LogP contribution >= 0.6 is 11.3 Å². The summed E-state index contributed by atoms with van der Waals surface area (Å²) >= 11 is 1.44. The maximum atomic E-state index is 11.8. The number of aromatic nitrogens is 7. The van der Waals surface area contributed by atoms with Gasteiger partial charge in [0.25, 0.3) is 0 Å². The van der Waals surface area contributed by atoms with Gasteiger partial charge in [-0.3, -0.25) is 24.8 Å². The van der Waals surface area contributed by atoms with Gasteiger partial charge in [0.2, 0.25) is 0 Å². The molecule has 38 heavy (non-hydrogen) atoms. The molecule has 10 heteroatoms. The van der Waals surface area contributed by atoms with Crippen molar-refractivity contribution < 1.29 is 4.79 Å². The minimum atomic E-state index is 0.0470. The van der Waals surface area contributed by atoms with Crippen molar-refractivity contribution in [2.75, 3.05) is 13.1 Å². The minimum absolute atomic E-state index is 0.0470. The molecule has 9 nitrogen and oxygen atoms in total. The number of hydrogen-bond acceptors (Lipinski definition) is 8. The molecule has 0 amide bonds. The summed E-state index contributed by atoms with van der Waals surface area (Å²) in [6.07, 6.45) is 9.86. The Morgan fingerprint density at radius 2 is 1.84 bits per heavy atom. The Balaban J connectivity index is 1.27. The van der Waals surface area contributed by atoms with Crippen LogP contribution < -0.4 is 0 Å². The van der Waals surface area contributed by atoms with E-state index in [0.29, 0.717) is 16.4 Å². The first-order valence-corrected chi connectivity index (χ1v) is 13.4. The number of nitrogens with zero attached hydrogens (tertiary/aromatic N) is 6. The van der Waals surface area contributed by atoms with Crippen LogP contribution in [0.15, 0.2) is 55.1 Å². The zero-order chi connectivity index (χ0) is 25.6. The molecule has 0 bridgehead atoms. The van der Waals surface area contributed by atoms with Crippen molar-refractivity contribution >= 4 is 39.2 Å². The average molecular weight is 521 g/mol. The molecule has 0 unspecified atom stereocenters. The van der Waals surface area contributed by atoms with Crippen LogP contribution in [-0.4, -0.2) is 58.9 Å². The molecule has 1 fully saturated rings. The Labute approximate surface area is 222 Å². The second kappa shape index (κ2) is 9.23. The fraction of sp³-hybridized carbons (Fsp3) is 0.214. The van der Waals surface area contributed by atoms with Gasteiger partial charge < -0.3 is 4.98 Å². The van der Waals surface area contributed by atoms with Crippen molar-refractivity contribution in [2.24, 2.45) is 0 Å². The predicted molar refractivity (Wildman–Crippen MR) is 148 cm³/mol. The van der Waals surface area contributed by atoms with Crippen LogP contribution in [0.1, 0.15) is 35.0 Å². The Bertz CT molecular complexity index is 1810. The summed E-state index contributed by atoms with van der Waals surface area (Å²) in [7, 11) is 0. The van der Waals surface area contributed by atoms with E-state index in [1.807, 2.05) is 36.7 Å². The largest absolute Gasteiger partial charge is 0.335 e. The summed E-state index contributed by atoms with van der Waals surface area (Å²) < 4.78 is 0. The van der Waals surface area contributed by atoms with E-state index >= 15 is 0 Å². The molecule has 0 spiro atoms.